The van der Waals surface area contributed by atoms with Crippen LogP contribution >= 0.6 is 0 Å². The second kappa shape index (κ2) is 7.03. The van der Waals surface area contributed by atoms with Crippen LogP contribution in [0.4, 0.5) is 4.39 Å². The van der Waals surface area contributed by atoms with E-state index in [1.807, 2.05) is 18.2 Å². The van der Waals surface area contributed by atoms with E-state index in [0.29, 0.717) is 5.75 Å². The molecular formula is C16H19FN2O. The van der Waals surface area contributed by atoms with Crippen molar-refractivity contribution in [1.29, 1.82) is 0 Å². The van der Waals surface area contributed by atoms with Crippen LogP contribution in [-0.4, -0.2) is 7.11 Å². The van der Waals surface area contributed by atoms with E-state index < -0.39 is 0 Å². The highest BCUT2D eigenvalue weighted by molar-refractivity contribution is 5.36. The van der Waals surface area contributed by atoms with Gasteiger partial charge in [-0.3, -0.25) is 11.3 Å². The number of hydrogen-bond donors (Lipinski definition) is 2. The van der Waals surface area contributed by atoms with Gasteiger partial charge in [-0.15, -0.1) is 0 Å². The third-order valence-corrected chi connectivity index (χ3v) is 3.33. The van der Waals surface area contributed by atoms with E-state index in [1.165, 1.54) is 17.7 Å². The average Bonchev–Trinajstić information content (AvgIpc) is 2.49. The first-order valence-electron chi connectivity index (χ1n) is 6.58. The third-order valence-electron chi connectivity index (χ3n) is 3.33. The first kappa shape index (κ1) is 14.5. The summed E-state index contributed by atoms with van der Waals surface area (Å²) in [7, 11) is 1.57. The fourth-order valence-corrected chi connectivity index (χ4v) is 2.26. The zero-order chi connectivity index (χ0) is 14.4. The van der Waals surface area contributed by atoms with E-state index in [0.717, 1.165) is 18.4 Å². The van der Waals surface area contributed by atoms with Gasteiger partial charge in [0.25, 0.3) is 0 Å². The molecule has 3 nitrogen and oxygen atoms in total. The van der Waals surface area contributed by atoms with E-state index >= 15 is 0 Å². The molecule has 0 aliphatic rings. The van der Waals surface area contributed by atoms with Crippen LogP contribution in [0.25, 0.3) is 0 Å². The van der Waals surface area contributed by atoms with Gasteiger partial charge < -0.3 is 4.74 Å². The molecule has 1 atom stereocenters. The summed E-state index contributed by atoms with van der Waals surface area (Å²) in [4.78, 5) is 0. The molecule has 0 saturated carbocycles. The van der Waals surface area contributed by atoms with Crippen molar-refractivity contribution in [2.75, 3.05) is 7.11 Å². The van der Waals surface area contributed by atoms with E-state index in [4.69, 9.17) is 10.6 Å². The standard InChI is InChI=1S/C16H19FN2O/c1-20-16-10-8-13(17)11-14(16)15(19-18)9-7-12-5-3-2-4-6-12/h2-6,8,10-11,15,19H,7,9,18H2,1H3. The van der Waals surface area contributed by atoms with Crippen molar-refractivity contribution < 1.29 is 9.13 Å². The topological polar surface area (TPSA) is 47.3 Å². The number of nitrogens with one attached hydrogen (secondary N) is 1. The van der Waals surface area contributed by atoms with Gasteiger partial charge in [0, 0.05) is 5.56 Å². The smallest absolute Gasteiger partial charge is 0.123 e. The Morgan fingerprint density at radius 1 is 1.20 bits per heavy atom. The van der Waals surface area contributed by atoms with Gasteiger partial charge in [0.2, 0.25) is 0 Å². The zero-order valence-electron chi connectivity index (χ0n) is 11.5. The Morgan fingerprint density at radius 3 is 2.60 bits per heavy atom. The minimum atomic E-state index is -0.291. The predicted molar refractivity (Wildman–Crippen MR) is 77.8 cm³/mol. The number of ether oxygens (including phenoxy) is 1. The zero-order valence-corrected chi connectivity index (χ0v) is 11.5. The molecular weight excluding hydrogens is 255 g/mol. The summed E-state index contributed by atoms with van der Waals surface area (Å²) in [5, 5.41) is 0. The van der Waals surface area contributed by atoms with Crippen LogP contribution in [-0.2, 0) is 6.42 Å². The van der Waals surface area contributed by atoms with Crippen LogP contribution in [0.15, 0.2) is 48.5 Å². The highest BCUT2D eigenvalue weighted by Gasteiger charge is 2.15. The van der Waals surface area contributed by atoms with E-state index in [1.54, 1.807) is 13.2 Å². The monoisotopic (exact) mass is 274 g/mol. The summed E-state index contributed by atoms with van der Waals surface area (Å²) in [6.07, 6.45) is 1.62. The predicted octanol–water partition coefficient (Wildman–Crippen LogP) is 2.97. The van der Waals surface area contributed by atoms with Gasteiger partial charge in [-0.05, 0) is 36.6 Å². The van der Waals surface area contributed by atoms with Crippen LogP contribution in [0.2, 0.25) is 0 Å². The number of benzene rings is 2. The maximum atomic E-state index is 13.4. The Kier molecular flexibility index (Phi) is 5.09. The quantitative estimate of drug-likeness (QED) is 0.629. The first-order valence-corrected chi connectivity index (χ1v) is 6.58. The molecule has 106 valence electrons. The van der Waals surface area contributed by atoms with Gasteiger partial charge in [0.1, 0.15) is 11.6 Å². The number of methoxy groups -OCH3 is 1. The molecule has 0 bridgehead atoms. The molecule has 0 amide bonds. The number of hydrazine groups is 1. The first-order chi connectivity index (χ1) is 9.74. The van der Waals surface area contributed by atoms with Crippen LogP contribution in [0.5, 0.6) is 5.75 Å². The van der Waals surface area contributed by atoms with Gasteiger partial charge >= 0.3 is 0 Å². The molecule has 0 aromatic heterocycles. The van der Waals surface area contributed by atoms with Crippen LogP contribution in [0.1, 0.15) is 23.6 Å². The fourth-order valence-electron chi connectivity index (χ4n) is 2.26. The lowest BCUT2D eigenvalue weighted by Crippen LogP contribution is -2.28. The normalized spacial score (nSPS) is 12.2. The Bertz CT molecular complexity index is 545. The maximum Gasteiger partial charge on any atom is 0.123 e. The molecule has 2 aromatic rings. The largest absolute Gasteiger partial charge is 0.496 e. The Morgan fingerprint density at radius 2 is 1.95 bits per heavy atom. The molecule has 0 radical (unpaired) electrons. The molecule has 20 heavy (non-hydrogen) atoms. The fraction of sp³-hybridized carbons (Fsp3) is 0.250. The molecule has 3 N–H and O–H groups in total. The summed E-state index contributed by atoms with van der Waals surface area (Å²) in [6.45, 7) is 0. The molecule has 0 heterocycles. The number of aryl methyl sites for hydroxylation is 1. The second-order valence-corrected chi connectivity index (χ2v) is 4.63. The maximum absolute atomic E-state index is 13.4. The van der Waals surface area contributed by atoms with Crippen molar-refractivity contribution in [2.24, 2.45) is 5.84 Å². The van der Waals surface area contributed by atoms with Gasteiger partial charge in [-0.25, -0.2) is 4.39 Å². The molecule has 0 aliphatic carbocycles. The highest BCUT2D eigenvalue weighted by atomic mass is 19.1. The van der Waals surface area contributed by atoms with E-state index in [-0.39, 0.29) is 11.9 Å². The minimum Gasteiger partial charge on any atom is -0.496 e. The average molecular weight is 274 g/mol. The molecule has 0 saturated heterocycles. The van der Waals surface area contributed by atoms with Gasteiger partial charge in [-0.2, -0.15) is 0 Å². The lowest BCUT2D eigenvalue weighted by molar-refractivity contribution is 0.394. The van der Waals surface area contributed by atoms with Crippen molar-refractivity contribution in [3.63, 3.8) is 0 Å². The Balaban J connectivity index is 2.14. The van der Waals surface area contributed by atoms with Crippen molar-refractivity contribution in [2.45, 2.75) is 18.9 Å². The van der Waals surface area contributed by atoms with Gasteiger partial charge in [-0.1, -0.05) is 30.3 Å². The molecule has 2 rings (SSSR count). The lowest BCUT2D eigenvalue weighted by Gasteiger charge is -2.19. The molecule has 4 heteroatoms. The number of halogens is 1. The Labute approximate surface area is 118 Å². The summed E-state index contributed by atoms with van der Waals surface area (Å²) >= 11 is 0. The van der Waals surface area contributed by atoms with Gasteiger partial charge in [0.05, 0.1) is 13.2 Å². The third kappa shape index (κ3) is 3.56. The van der Waals surface area contributed by atoms with Crippen LogP contribution in [0.3, 0.4) is 0 Å². The summed E-state index contributed by atoms with van der Waals surface area (Å²) in [6, 6.07) is 14.4. The number of nitrogens with two attached hydrogens (primary N) is 1. The van der Waals surface area contributed by atoms with Crippen molar-refractivity contribution in [3.05, 3.63) is 65.5 Å². The lowest BCUT2D eigenvalue weighted by atomic mass is 9.98. The molecule has 2 aromatic carbocycles. The van der Waals surface area contributed by atoms with E-state index in [9.17, 15) is 4.39 Å². The summed E-state index contributed by atoms with van der Waals surface area (Å²) < 4.78 is 18.7. The SMILES string of the molecule is COc1ccc(F)cc1C(CCc1ccccc1)NN. The summed E-state index contributed by atoms with van der Waals surface area (Å²) in [5.41, 5.74) is 4.71. The highest BCUT2D eigenvalue weighted by Crippen LogP contribution is 2.28. The van der Waals surface area contributed by atoms with Crippen LogP contribution in [0, 0.1) is 5.82 Å². The van der Waals surface area contributed by atoms with Crippen molar-refractivity contribution >= 4 is 0 Å². The van der Waals surface area contributed by atoms with E-state index in [2.05, 4.69) is 17.6 Å². The van der Waals surface area contributed by atoms with Crippen LogP contribution < -0.4 is 16.0 Å². The Hall–Kier alpha value is -1.91. The van der Waals surface area contributed by atoms with Crippen molar-refractivity contribution in [1.82, 2.24) is 5.43 Å². The molecule has 0 fully saturated rings. The number of hydrogen-bond acceptors (Lipinski definition) is 3. The summed E-state index contributed by atoms with van der Waals surface area (Å²) in [5.74, 6) is 5.96. The number of rotatable bonds is 6. The molecule has 0 aliphatic heterocycles. The molecule has 1 unspecified atom stereocenters. The van der Waals surface area contributed by atoms with Gasteiger partial charge in [0.15, 0.2) is 0 Å². The van der Waals surface area contributed by atoms with Crippen molar-refractivity contribution in [3.8, 4) is 5.75 Å². The second-order valence-electron chi connectivity index (χ2n) is 4.63. The molecule has 0 spiro atoms. The minimum absolute atomic E-state index is 0.152.